The van der Waals surface area contributed by atoms with Crippen molar-refractivity contribution in [1.29, 1.82) is 0 Å². The Morgan fingerprint density at radius 2 is 2.00 bits per heavy atom. The maximum absolute atomic E-state index is 12.5. The van der Waals surface area contributed by atoms with Crippen molar-refractivity contribution in [3.63, 3.8) is 0 Å². The van der Waals surface area contributed by atoms with E-state index >= 15 is 0 Å². The summed E-state index contributed by atoms with van der Waals surface area (Å²) < 4.78 is 26.5. The molecule has 1 amide bonds. The second-order valence-corrected chi connectivity index (χ2v) is 7.70. The van der Waals surface area contributed by atoms with Crippen LogP contribution in [0.5, 0.6) is 0 Å². The van der Waals surface area contributed by atoms with Gasteiger partial charge in [-0.1, -0.05) is 19.4 Å². The number of benzene rings is 1. The second-order valence-electron chi connectivity index (χ2n) is 5.93. The average Bonchev–Trinajstić information content (AvgIpc) is 2.95. The number of carbonyl (C=O) groups is 2. The molecule has 0 heterocycles. The summed E-state index contributed by atoms with van der Waals surface area (Å²) in [6.45, 7) is 3.63. The van der Waals surface area contributed by atoms with E-state index in [4.69, 9.17) is 0 Å². The second kappa shape index (κ2) is 7.31. The summed E-state index contributed by atoms with van der Waals surface area (Å²) in [6, 6.07) is 3.92. The van der Waals surface area contributed by atoms with Crippen molar-refractivity contribution < 1.29 is 23.1 Å². The third-order valence-corrected chi connectivity index (χ3v) is 5.79. The van der Waals surface area contributed by atoms with Crippen molar-refractivity contribution in [2.24, 2.45) is 5.92 Å². The van der Waals surface area contributed by atoms with Crippen LogP contribution in [0.15, 0.2) is 23.1 Å². The quantitative estimate of drug-likeness (QED) is 0.712. The lowest BCUT2D eigenvalue weighted by Crippen LogP contribution is -2.40. The topological polar surface area (TPSA) is 113 Å². The summed E-state index contributed by atoms with van der Waals surface area (Å²) >= 11 is 0. The number of nitrogens with one attached hydrogen (secondary N) is 2. The highest BCUT2D eigenvalue weighted by atomic mass is 32.2. The Hall–Kier alpha value is -1.93. The van der Waals surface area contributed by atoms with Crippen LogP contribution in [0, 0.1) is 12.8 Å². The van der Waals surface area contributed by atoms with Crippen LogP contribution in [-0.2, 0) is 14.8 Å². The molecule has 0 radical (unpaired) electrons. The number of hydrogen-bond acceptors (Lipinski definition) is 4. The van der Waals surface area contributed by atoms with Gasteiger partial charge in [-0.3, -0.25) is 9.59 Å². The maximum Gasteiger partial charge on any atom is 0.308 e. The van der Waals surface area contributed by atoms with Gasteiger partial charge in [0.25, 0.3) is 5.91 Å². The van der Waals surface area contributed by atoms with Gasteiger partial charge in [0, 0.05) is 18.2 Å². The molecule has 7 nitrogen and oxygen atoms in total. The number of aliphatic carboxylic acids is 1. The fraction of sp³-hybridized carbons (Fsp3) is 0.500. The molecule has 1 fully saturated rings. The normalized spacial score (nSPS) is 20.8. The zero-order valence-corrected chi connectivity index (χ0v) is 14.5. The lowest BCUT2D eigenvalue weighted by atomic mass is 10.0. The van der Waals surface area contributed by atoms with Crippen molar-refractivity contribution >= 4 is 21.9 Å². The lowest BCUT2D eigenvalue weighted by Gasteiger charge is -2.18. The molecule has 0 bridgehead atoms. The van der Waals surface area contributed by atoms with Gasteiger partial charge in [0.05, 0.1) is 10.8 Å². The summed E-state index contributed by atoms with van der Waals surface area (Å²) in [6.07, 6.45) is 1.89. The predicted molar refractivity (Wildman–Crippen MR) is 88.3 cm³/mol. The van der Waals surface area contributed by atoms with Gasteiger partial charge in [-0.2, -0.15) is 0 Å². The molecule has 8 heteroatoms. The van der Waals surface area contributed by atoms with Gasteiger partial charge >= 0.3 is 5.97 Å². The summed E-state index contributed by atoms with van der Waals surface area (Å²) in [7, 11) is -3.66. The first-order valence-electron chi connectivity index (χ1n) is 7.90. The standard InChI is InChI=1S/C16H22N2O5S/c1-3-17-24(22,23)11-8-7-10(2)13(9-11)15(19)18-14-6-4-5-12(14)16(20)21/h7-9,12,14,17H,3-6H2,1-2H3,(H,18,19)(H,20,21)/t12-,14+/m0/s1. The Morgan fingerprint density at radius 1 is 1.29 bits per heavy atom. The van der Waals surface area contributed by atoms with Crippen molar-refractivity contribution in [2.45, 2.75) is 44.0 Å². The molecular formula is C16H22N2O5S. The van der Waals surface area contributed by atoms with Crippen LogP contribution in [0.3, 0.4) is 0 Å². The molecule has 0 aliphatic heterocycles. The number of sulfonamides is 1. The summed E-state index contributed by atoms with van der Waals surface area (Å²) in [5.41, 5.74) is 0.873. The highest BCUT2D eigenvalue weighted by molar-refractivity contribution is 7.89. The average molecular weight is 354 g/mol. The smallest absolute Gasteiger partial charge is 0.308 e. The van der Waals surface area contributed by atoms with Gasteiger partial charge < -0.3 is 10.4 Å². The van der Waals surface area contributed by atoms with Crippen molar-refractivity contribution in [1.82, 2.24) is 10.0 Å². The number of carbonyl (C=O) groups excluding carboxylic acids is 1. The highest BCUT2D eigenvalue weighted by Crippen LogP contribution is 2.26. The van der Waals surface area contributed by atoms with E-state index < -0.39 is 33.9 Å². The molecule has 0 saturated heterocycles. The van der Waals surface area contributed by atoms with Gasteiger partial charge in [-0.15, -0.1) is 0 Å². The predicted octanol–water partition coefficient (Wildman–Crippen LogP) is 1.28. The zero-order chi connectivity index (χ0) is 17.9. The first-order chi connectivity index (χ1) is 11.3. The van der Waals surface area contributed by atoms with Gasteiger partial charge in [-0.25, -0.2) is 13.1 Å². The van der Waals surface area contributed by atoms with Crippen molar-refractivity contribution in [3.8, 4) is 0 Å². The first kappa shape index (κ1) is 18.4. The molecule has 1 aliphatic carbocycles. The molecule has 132 valence electrons. The van der Waals surface area contributed by atoms with E-state index in [0.29, 0.717) is 18.4 Å². The molecule has 24 heavy (non-hydrogen) atoms. The van der Waals surface area contributed by atoms with E-state index in [1.165, 1.54) is 12.1 Å². The molecule has 1 aromatic carbocycles. The minimum Gasteiger partial charge on any atom is -0.481 e. The molecule has 2 rings (SSSR count). The van der Waals surface area contributed by atoms with E-state index in [-0.39, 0.29) is 17.0 Å². The molecule has 1 aromatic rings. The largest absolute Gasteiger partial charge is 0.481 e. The summed E-state index contributed by atoms with van der Waals surface area (Å²) in [5, 5.41) is 11.9. The van der Waals surface area contributed by atoms with Gasteiger partial charge in [0.1, 0.15) is 0 Å². The Kier molecular flexibility index (Phi) is 5.61. The van der Waals surface area contributed by atoms with Crippen LogP contribution >= 0.6 is 0 Å². The van der Waals surface area contributed by atoms with Gasteiger partial charge in [-0.05, 0) is 37.5 Å². The molecule has 1 aliphatic rings. The Bertz CT molecular complexity index is 745. The van der Waals surface area contributed by atoms with Crippen molar-refractivity contribution in [3.05, 3.63) is 29.3 Å². The maximum atomic E-state index is 12.5. The molecular weight excluding hydrogens is 332 g/mol. The molecule has 0 spiro atoms. The molecule has 0 unspecified atom stereocenters. The van der Waals surface area contributed by atoms with Crippen molar-refractivity contribution in [2.75, 3.05) is 6.54 Å². The van der Waals surface area contributed by atoms with Crippen LogP contribution < -0.4 is 10.0 Å². The summed E-state index contributed by atoms with van der Waals surface area (Å²) in [5.74, 6) is -1.96. The van der Waals surface area contributed by atoms with Crippen LogP contribution in [0.1, 0.15) is 42.1 Å². The van der Waals surface area contributed by atoms with Crippen LogP contribution in [0.25, 0.3) is 0 Å². The number of rotatable bonds is 6. The molecule has 2 atom stereocenters. The number of carboxylic acid groups (broad SMARTS) is 1. The van der Waals surface area contributed by atoms with Crippen LogP contribution in [-0.4, -0.2) is 38.0 Å². The number of amides is 1. The number of hydrogen-bond donors (Lipinski definition) is 3. The Labute approximate surface area is 141 Å². The Morgan fingerprint density at radius 3 is 2.62 bits per heavy atom. The lowest BCUT2D eigenvalue weighted by molar-refractivity contribution is -0.142. The summed E-state index contributed by atoms with van der Waals surface area (Å²) in [4.78, 5) is 23.7. The number of aryl methyl sites for hydroxylation is 1. The minimum atomic E-state index is -3.66. The Balaban J connectivity index is 2.25. The number of carboxylic acids is 1. The van der Waals surface area contributed by atoms with E-state index in [1.807, 2.05) is 0 Å². The highest BCUT2D eigenvalue weighted by Gasteiger charge is 2.34. The van der Waals surface area contributed by atoms with Crippen LogP contribution in [0.4, 0.5) is 0 Å². The zero-order valence-electron chi connectivity index (χ0n) is 13.7. The van der Waals surface area contributed by atoms with Gasteiger partial charge in [0.2, 0.25) is 10.0 Å². The van der Waals surface area contributed by atoms with Gasteiger partial charge in [0.15, 0.2) is 0 Å². The fourth-order valence-corrected chi connectivity index (χ4v) is 4.03. The third-order valence-electron chi connectivity index (χ3n) is 4.25. The molecule has 1 saturated carbocycles. The van der Waals surface area contributed by atoms with E-state index in [9.17, 15) is 23.1 Å². The van der Waals surface area contributed by atoms with Crippen LogP contribution in [0.2, 0.25) is 0 Å². The van der Waals surface area contributed by atoms with E-state index in [0.717, 1.165) is 6.42 Å². The minimum absolute atomic E-state index is 0.0151. The monoisotopic (exact) mass is 354 g/mol. The SMILES string of the molecule is CCNS(=O)(=O)c1ccc(C)c(C(=O)N[C@@H]2CCC[C@@H]2C(=O)O)c1. The molecule has 0 aromatic heterocycles. The molecule has 3 N–H and O–H groups in total. The van der Waals surface area contributed by atoms with E-state index in [2.05, 4.69) is 10.0 Å². The third kappa shape index (κ3) is 3.93. The fourth-order valence-electron chi connectivity index (χ4n) is 2.96. The van der Waals surface area contributed by atoms with E-state index in [1.54, 1.807) is 19.9 Å². The first-order valence-corrected chi connectivity index (χ1v) is 9.38.